The van der Waals surface area contributed by atoms with Gasteiger partial charge in [0.2, 0.25) is 5.91 Å². The first kappa shape index (κ1) is 24.5. The van der Waals surface area contributed by atoms with Gasteiger partial charge in [0.15, 0.2) is 11.5 Å². The fraction of sp³-hybridized carbons (Fsp3) is 0.310. The molecule has 4 rings (SSSR count). The highest BCUT2D eigenvalue weighted by Gasteiger charge is 2.36. The molecule has 1 amide bonds. The zero-order chi connectivity index (χ0) is 24.8. The second-order valence-corrected chi connectivity index (χ2v) is 8.52. The summed E-state index contributed by atoms with van der Waals surface area (Å²) in [5, 5.41) is 3.00. The number of nitrogens with one attached hydrogen (secondary N) is 1. The molecule has 1 unspecified atom stereocenters. The van der Waals surface area contributed by atoms with Crippen LogP contribution < -0.4 is 14.8 Å². The van der Waals surface area contributed by atoms with Crippen molar-refractivity contribution in [3.05, 3.63) is 83.4 Å². The third kappa shape index (κ3) is 5.38. The van der Waals surface area contributed by atoms with Crippen molar-refractivity contribution < 1.29 is 14.3 Å². The number of fused-ring (bicyclic) bond motifs is 1. The van der Waals surface area contributed by atoms with Crippen molar-refractivity contribution in [2.24, 2.45) is 4.99 Å². The Bertz CT molecular complexity index is 1190. The van der Waals surface area contributed by atoms with E-state index < -0.39 is 5.92 Å². The number of anilines is 1. The smallest absolute Gasteiger partial charge is 0.238 e. The van der Waals surface area contributed by atoms with Crippen molar-refractivity contribution in [3.8, 4) is 11.5 Å². The first-order valence-electron chi connectivity index (χ1n) is 12.1. The van der Waals surface area contributed by atoms with E-state index in [4.69, 9.17) is 14.5 Å². The standard InChI is InChI=1S/C29H33N3O3/c1-5-32(6-2)17-16-20-12-14-22(15-13-20)30-28(21-10-8-7-9-11-21)27-23-18-25(34-3)26(35-4)19-24(23)31-29(27)33/h7-15,18-19,27H,5-6,16-17H2,1-4H3,(H,31,33). The predicted molar refractivity (Wildman–Crippen MR) is 141 cm³/mol. The van der Waals surface area contributed by atoms with E-state index in [1.54, 1.807) is 20.3 Å². The van der Waals surface area contributed by atoms with Crippen LogP contribution in [0.15, 0.2) is 71.7 Å². The summed E-state index contributed by atoms with van der Waals surface area (Å²) in [6.45, 7) is 7.53. The summed E-state index contributed by atoms with van der Waals surface area (Å²) >= 11 is 0. The van der Waals surface area contributed by atoms with E-state index in [-0.39, 0.29) is 5.91 Å². The summed E-state index contributed by atoms with van der Waals surface area (Å²) in [7, 11) is 3.18. The third-order valence-corrected chi connectivity index (χ3v) is 6.53. The van der Waals surface area contributed by atoms with Crippen LogP contribution in [0, 0.1) is 0 Å². The molecule has 0 radical (unpaired) electrons. The molecule has 182 valence electrons. The molecule has 1 heterocycles. The molecule has 1 aliphatic heterocycles. The Balaban J connectivity index is 1.70. The fourth-order valence-corrected chi connectivity index (χ4v) is 4.47. The quantitative estimate of drug-likeness (QED) is 0.400. The van der Waals surface area contributed by atoms with Gasteiger partial charge in [-0.25, -0.2) is 0 Å². The van der Waals surface area contributed by atoms with Gasteiger partial charge in [-0.3, -0.25) is 9.79 Å². The second kappa shape index (κ2) is 11.2. The average Bonchev–Trinajstić information content (AvgIpc) is 3.22. The number of carbonyl (C=O) groups is 1. The van der Waals surface area contributed by atoms with Gasteiger partial charge in [-0.1, -0.05) is 56.3 Å². The molecule has 0 fully saturated rings. The van der Waals surface area contributed by atoms with Crippen LogP contribution in [0.5, 0.6) is 11.5 Å². The van der Waals surface area contributed by atoms with Crippen LogP contribution in [0.2, 0.25) is 0 Å². The maximum atomic E-state index is 13.2. The van der Waals surface area contributed by atoms with Crippen LogP contribution in [0.25, 0.3) is 0 Å². The topological polar surface area (TPSA) is 63.2 Å². The van der Waals surface area contributed by atoms with Gasteiger partial charge in [0.05, 0.1) is 25.6 Å². The van der Waals surface area contributed by atoms with Gasteiger partial charge >= 0.3 is 0 Å². The number of hydrogen-bond donors (Lipinski definition) is 1. The lowest BCUT2D eigenvalue weighted by Gasteiger charge is -2.17. The number of aliphatic imine (C=N–C) groups is 1. The average molecular weight is 472 g/mol. The molecule has 0 saturated heterocycles. The van der Waals surface area contributed by atoms with E-state index in [2.05, 4.69) is 36.2 Å². The van der Waals surface area contributed by atoms with E-state index >= 15 is 0 Å². The Hall–Kier alpha value is -3.64. The van der Waals surface area contributed by atoms with E-state index in [9.17, 15) is 4.79 Å². The van der Waals surface area contributed by atoms with Crippen molar-refractivity contribution in [1.82, 2.24) is 4.90 Å². The number of methoxy groups -OCH3 is 2. The molecule has 1 aliphatic rings. The Kier molecular flexibility index (Phi) is 7.83. The van der Waals surface area contributed by atoms with Gasteiger partial charge in [-0.05, 0) is 54.4 Å². The SMILES string of the molecule is CCN(CC)CCc1ccc(N=C(c2ccccc2)C2C(=O)Nc3cc(OC)c(OC)cc32)cc1. The molecule has 0 spiro atoms. The summed E-state index contributed by atoms with van der Waals surface area (Å²) in [6, 6.07) is 21.8. The van der Waals surface area contributed by atoms with Crippen molar-refractivity contribution in [2.45, 2.75) is 26.2 Å². The molecule has 1 atom stereocenters. The van der Waals surface area contributed by atoms with Gasteiger partial charge in [0.1, 0.15) is 5.92 Å². The number of amides is 1. The number of carbonyl (C=O) groups excluding carboxylic acids is 1. The molecule has 0 aliphatic carbocycles. The number of hydrogen-bond acceptors (Lipinski definition) is 5. The highest BCUT2D eigenvalue weighted by molar-refractivity contribution is 6.24. The molecule has 35 heavy (non-hydrogen) atoms. The van der Waals surface area contributed by atoms with Crippen LogP contribution in [-0.2, 0) is 11.2 Å². The fourth-order valence-electron chi connectivity index (χ4n) is 4.47. The van der Waals surface area contributed by atoms with Crippen molar-refractivity contribution in [1.29, 1.82) is 0 Å². The van der Waals surface area contributed by atoms with Crippen molar-refractivity contribution in [3.63, 3.8) is 0 Å². The number of benzene rings is 3. The monoisotopic (exact) mass is 471 g/mol. The lowest BCUT2D eigenvalue weighted by Crippen LogP contribution is -2.25. The molecule has 3 aromatic carbocycles. The third-order valence-electron chi connectivity index (χ3n) is 6.53. The molecule has 0 aromatic heterocycles. The number of rotatable bonds is 10. The molecular weight excluding hydrogens is 438 g/mol. The predicted octanol–water partition coefficient (Wildman–Crippen LogP) is 5.44. The van der Waals surface area contributed by atoms with Gasteiger partial charge in [0.25, 0.3) is 0 Å². The minimum absolute atomic E-state index is 0.117. The summed E-state index contributed by atoms with van der Waals surface area (Å²) in [4.78, 5) is 20.6. The number of likely N-dealkylation sites (N-methyl/N-ethyl adjacent to an activating group) is 1. The molecule has 0 saturated carbocycles. The van der Waals surface area contributed by atoms with Crippen molar-refractivity contribution >= 4 is 23.0 Å². The first-order valence-corrected chi connectivity index (χ1v) is 12.1. The molecule has 0 bridgehead atoms. The maximum absolute atomic E-state index is 13.2. The Morgan fingerprint density at radius 3 is 2.23 bits per heavy atom. The minimum Gasteiger partial charge on any atom is -0.493 e. The Labute approximate surface area is 207 Å². The van der Waals surface area contributed by atoms with Crippen molar-refractivity contribution in [2.75, 3.05) is 39.2 Å². The van der Waals surface area contributed by atoms with Gasteiger partial charge < -0.3 is 19.7 Å². The molecule has 1 N–H and O–H groups in total. The maximum Gasteiger partial charge on any atom is 0.238 e. The molecule has 3 aromatic rings. The summed E-state index contributed by atoms with van der Waals surface area (Å²) in [5.74, 6) is 0.478. The highest BCUT2D eigenvalue weighted by Crippen LogP contribution is 2.42. The first-order chi connectivity index (χ1) is 17.1. The zero-order valence-corrected chi connectivity index (χ0v) is 20.9. The van der Waals surface area contributed by atoms with Gasteiger partial charge in [-0.2, -0.15) is 0 Å². The van der Waals surface area contributed by atoms with Crippen LogP contribution in [0.3, 0.4) is 0 Å². The molecule has 6 heteroatoms. The lowest BCUT2D eigenvalue weighted by molar-refractivity contribution is -0.115. The normalized spacial score (nSPS) is 15.2. The molecule has 6 nitrogen and oxygen atoms in total. The summed E-state index contributed by atoms with van der Waals surface area (Å²) in [6.07, 6.45) is 0.997. The highest BCUT2D eigenvalue weighted by atomic mass is 16.5. The van der Waals surface area contributed by atoms with Crippen LogP contribution in [0.4, 0.5) is 11.4 Å². The van der Waals surface area contributed by atoms with E-state index in [0.717, 1.165) is 42.9 Å². The summed E-state index contributed by atoms with van der Waals surface area (Å²) in [5.41, 5.74) is 5.24. The Morgan fingerprint density at radius 2 is 1.60 bits per heavy atom. The van der Waals surface area contributed by atoms with E-state index in [0.29, 0.717) is 22.9 Å². The zero-order valence-electron chi connectivity index (χ0n) is 20.9. The Morgan fingerprint density at radius 1 is 0.943 bits per heavy atom. The lowest BCUT2D eigenvalue weighted by atomic mass is 9.90. The largest absolute Gasteiger partial charge is 0.493 e. The van der Waals surface area contributed by atoms with Crippen LogP contribution >= 0.6 is 0 Å². The number of ether oxygens (including phenoxy) is 2. The van der Waals surface area contributed by atoms with E-state index in [1.807, 2.05) is 48.5 Å². The van der Waals surface area contributed by atoms with Crippen LogP contribution in [0.1, 0.15) is 36.5 Å². The van der Waals surface area contributed by atoms with Crippen LogP contribution in [-0.4, -0.2) is 50.4 Å². The van der Waals surface area contributed by atoms with Gasteiger partial charge in [-0.15, -0.1) is 0 Å². The second-order valence-electron chi connectivity index (χ2n) is 8.52. The van der Waals surface area contributed by atoms with E-state index in [1.165, 1.54) is 5.56 Å². The molecular formula is C29H33N3O3. The van der Waals surface area contributed by atoms with Gasteiger partial charge in [0, 0.05) is 18.3 Å². The number of nitrogens with zero attached hydrogens (tertiary/aromatic N) is 2. The minimum atomic E-state index is -0.561. The summed E-state index contributed by atoms with van der Waals surface area (Å²) < 4.78 is 10.9.